The van der Waals surface area contributed by atoms with Gasteiger partial charge in [-0.15, -0.1) is 0 Å². The van der Waals surface area contributed by atoms with Crippen LogP contribution in [0.15, 0.2) is 18.2 Å². The molecule has 0 aliphatic carbocycles. The van der Waals surface area contributed by atoms with Gasteiger partial charge in [0.2, 0.25) is 0 Å². The van der Waals surface area contributed by atoms with E-state index in [1.165, 1.54) is 5.69 Å². The van der Waals surface area contributed by atoms with Gasteiger partial charge in [0.15, 0.2) is 0 Å². The van der Waals surface area contributed by atoms with Gasteiger partial charge >= 0.3 is 0 Å². The molecule has 1 rings (SSSR count). The van der Waals surface area contributed by atoms with Gasteiger partial charge in [0, 0.05) is 42.5 Å². The average molecular weight is 241 g/mol. The molecule has 0 saturated carbocycles. The first-order chi connectivity index (χ1) is 7.31. The Labute approximate surface area is 104 Å². The van der Waals surface area contributed by atoms with E-state index in [0.717, 1.165) is 17.1 Å². The third-order valence-electron chi connectivity index (χ3n) is 2.37. The third kappa shape index (κ3) is 3.69. The van der Waals surface area contributed by atoms with Crippen LogP contribution in [0, 0.1) is 0 Å². The summed E-state index contributed by atoms with van der Waals surface area (Å²) in [7, 11) is 4.07. The Hall–Kier alpha value is -0.730. The fraction of sp³-hybridized carbons (Fsp3) is 0.538. The summed E-state index contributed by atoms with van der Waals surface area (Å²) in [5, 5.41) is 4.29. The lowest BCUT2D eigenvalue weighted by Crippen LogP contribution is -2.35. The lowest BCUT2D eigenvalue weighted by atomic mass is 10.1. The summed E-state index contributed by atoms with van der Waals surface area (Å²) in [5.74, 6) is 0. The Morgan fingerprint density at radius 1 is 1.25 bits per heavy atom. The van der Waals surface area contributed by atoms with Crippen molar-refractivity contribution in [1.82, 2.24) is 5.32 Å². The Kier molecular flexibility index (Phi) is 4.22. The highest BCUT2D eigenvalue weighted by Crippen LogP contribution is 2.26. The van der Waals surface area contributed by atoms with E-state index >= 15 is 0 Å². The van der Waals surface area contributed by atoms with E-state index in [-0.39, 0.29) is 5.54 Å². The van der Waals surface area contributed by atoms with Gasteiger partial charge in [0.05, 0.1) is 0 Å². The smallest absolute Gasteiger partial charge is 0.0471 e. The van der Waals surface area contributed by atoms with Crippen molar-refractivity contribution in [2.75, 3.05) is 19.0 Å². The highest BCUT2D eigenvalue weighted by molar-refractivity contribution is 6.31. The van der Waals surface area contributed by atoms with Crippen LogP contribution in [0.1, 0.15) is 26.3 Å². The maximum Gasteiger partial charge on any atom is 0.0471 e. The van der Waals surface area contributed by atoms with E-state index in [2.05, 4.69) is 37.1 Å². The number of nitrogens with zero attached hydrogens (tertiary/aromatic N) is 1. The van der Waals surface area contributed by atoms with E-state index in [1.54, 1.807) is 0 Å². The van der Waals surface area contributed by atoms with Gasteiger partial charge in [-0.25, -0.2) is 0 Å². The molecule has 0 aromatic heterocycles. The van der Waals surface area contributed by atoms with Crippen molar-refractivity contribution in [3.8, 4) is 0 Å². The number of nitrogens with one attached hydrogen (secondary N) is 1. The number of halogens is 1. The Balaban J connectivity index is 2.93. The third-order valence-corrected chi connectivity index (χ3v) is 2.73. The number of benzene rings is 1. The minimum atomic E-state index is 0.1000. The molecule has 0 spiro atoms. The van der Waals surface area contributed by atoms with Crippen molar-refractivity contribution in [2.45, 2.75) is 32.9 Å². The lowest BCUT2D eigenvalue weighted by molar-refractivity contribution is 0.424. The first-order valence-corrected chi connectivity index (χ1v) is 5.89. The van der Waals surface area contributed by atoms with E-state index in [1.807, 2.05) is 26.2 Å². The maximum absolute atomic E-state index is 6.24. The molecule has 0 radical (unpaired) electrons. The van der Waals surface area contributed by atoms with Gasteiger partial charge in [-0.3, -0.25) is 0 Å². The van der Waals surface area contributed by atoms with Gasteiger partial charge in [-0.1, -0.05) is 17.7 Å². The molecule has 0 bridgehead atoms. The molecule has 0 aliphatic heterocycles. The molecule has 0 saturated heterocycles. The summed E-state index contributed by atoms with van der Waals surface area (Å²) in [6.45, 7) is 7.24. The van der Waals surface area contributed by atoms with Crippen molar-refractivity contribution in [2.24, 2.45) is 0 Å². The zero-order chi connectivity index (χ0) is 12.3. The quantitative estimate of drug-likeness (QED) is 0.872. The lowest BCUT2D eigenvalue weighted by Gasteiger charge is -2.24. The van der Waals surface area contributed by atoms with Crippen LogP contribution >= 0.6 is 11.6 Å². The zero-order valence-electron chi connectivity index (χ0n) is 10.8. The summed E-state index contributed by atoms with van der Waals surface area (Å²) in [5.41, 5.74) is 2.43. The fourth-order valence-corrected chi connectivity index (χ4v) is 1.73. The normalized spacial score (nSPS) is 11.6. The zero-order valence-corrected chi connectivity index (χ0v) is 11.5. The van der Waals surface area contributed by atoms with Crippen LogP contribution in [-0.2, 0) is 6.54 Å². The molecule has 0 unspecified atom stereocenters. The fourth-order valence-electron chi connectivity index (χ4n) is 1.49. The van der Waals surface area contributed by atoms with E-state index < -0.39 is 0 Å². The summed E-state index contributed by atoms with van der Waals surface area (Å²) in [6, 6.07) is 6.01. The highest BCUT2D eigenvalue weighted by atomic mass is 35.5. The number of rotatable bonds is 3. The predicted octanol–water partition coefficient (Wildman–Crippen LogP) is 3.29. The molecule has 0 heterocycles. The standard InChI is InChI=1S/C13H21ClN2/c1-13(2,3)15-9-10-11(14)7-6-8-12(10)16(4)5/h6-8,15H,9H2,1-5H3. The van der Waals surface area contributed by atoms with Crippen molar-refractivity contribution < 1.29 is 0 Å². The molecule has 0 atom stereocenters. The maximum atomic E-state index is 6.24. The van der Waals surface area contributed by atoms with Gasteiger partial charge in [0.25, 0.3) is 0 Å². The number of hydrogen-bond acceptors (Lipinski definition) is 2. The SMILES string of the molecule is CN(C)c1cccc(Cl)c1CNC(C)(C)C. The molecular formula is C13H21ClN2. The van der Waals surface area contributed by atoms with Crippen molar-refractivity contribution in [3.63, 3.8) is 0 Å². The Morgan fingerprint density at radius 3 is 2.38 bits per heavy atom. The molecule has 16 heavy (non-hydrogen) atoms. The van der Waals surface area contributed by atoms with Crippen molar-refractivity contribution >= 4 is 17.3 Å². The van der Waals surface area contributed by atoms with E-state index in [4.69, 9.17) is 11.6 Å². The van der Waals surface area contributed by atoms with Gasteiger partial charge in [-0.2, -0.15) is 0 Å². The summed E-state index contributed by atoms with van der Waals surface area (Å²) < 4.78 is 0. The minimum Gasteiger partial charge on any atom is -0.377 e. The first-order valence-electron chi connectivity index (χ1n) is 5.51. The van der Waals surface area contributed by atoms with Gasteiger partial charge in [0.1, 0.15) is 0 Å². The molecule has 1 aromatic carbocycles. The minimum absolute atomic E-state index is 0.1000. The Morgan fingerprint density at radius 2 is 1.88 bits per heavy atom. The molecule has 90 valence electrons. The molecule has 2 nitrogen and oxygen atoms in total. The van der Waals surface area contributed by atoms with E-state index in [0.29, 0.717) is 0 Å². The largest absolute Gasteiger partial charge is 0.377 e. The molecule has 1 N–H and O–H groups in total. The van der Waals surface area contributed by atoms with Gasteiger partial charge < -0.3 is 10.2 Å². The monoisotopic (exact) mass is 240 g/mol. The van der Waals surface area contributed by atoms with Crippen LogP contribution in [0.2, 0.25) is 5.02 Å². The van der Waals surface area contributed by atoms with Crippen LogP contribution in [0.25, 0.3) is 0 Å². The summed E-state index contributed by atoms with van der Waals surface area (Å²) in [4.78, 5) is 2.09. The molecule has 0 fully saturated rings. The molecule has 3 heteroatoms. The van der Waals surface area contributed by atoms with Gasteiger partial charge in [-0.05, 0) is 32.9 Å². The first kappa shape index (κ1) is 13.3. The van der Waals surface area contributed by atoms with Crippen LogP contribution in [0.3, 0.4) is 0 Å². The molecule has 0 aliphatic rings. The predicted molar refractivity (Wildman–Crippen MR) is 72.4 cm³/mol. The number of anilines is 1. The second-order valence-electron chi connectivity index (χ2n) is 5.24. The van der Waals surface area contributed by atoms with Crippen LogP contribution < -0.4 is 10.2 Å². The second kappa shape index (κ2) is 5.07. The number of hydrogen-bond donors (Lipinski definition) is 1. The summed E-state index contributed by atoms with van der Waals surface area (Å²) in [6.07, 6.45) is 0. The van der Waals surface area contributed by atoms with Crippen LogP contribution in [-0.4, -0.2) is 19.6 Å². The second-order valence-corrected chi connectivity index (χ2v) is 5.64. The van der Waals surface area contributed by atoms with Crippen LogP contribution in [0.4, 0.5) is 5.69 Å². The highest BCUT2D eigenvalue weighted by Gasteiger charge is 2.13. The van der Waals surface area contributed by atoms with Crippen molar-refractivity contribution in [3.05, 3.63) is 28.8 Å². The van der Waals surface area contributed by atoms with Crippen molar-refractivity contribution in [1.29, 1.82) is 0 Å². The average Bonchev–Trinajstić information content (AvgIpc) is 2.13. The van der Waals surface area contributed by atoms with Crippen LogP contribution in [0.5, 0.6) is 0 Å². The topological polar surface area (TPSA) is 15.3 Å². The Bertz CT molecular complexity index is 353. The summed E-state index contributed by atoms with van der Waals surface area (Å²) >= 11 is 6.24. The van der Waals surface area contributed by atoms with E-state index in [9.17, 15) is 0 Å². The molecular weight excluding hydrogens is 220 g/mol. The molecule has 1 aromatic rings. The molecule has 0 amide bonds.